The van der Waals surface area contributed by atoms with Crippen LogP contribution in [-0.2, 0) is 9.59 Å². The van der Waals surface area contributed by atoms with E-state index in [0.29, 0.717) is 19.0 Å². The molecule has 4 heteroatoms. The van der Waals surface area contributed by atoms with Gasteiger partial charge in [0.25, 0.3) is 0 Å². The lowest BCUT2D eigenvalue weighted by Crippen LogP contribution is -2.55. The van der Waals surface area contributed by atoms with Gasteiger partial charge in [0.15, 0.2) is 0 Å². The minimum absolute atomic E-state index is 0.0110. The fourth-order valence-corrected chi connectivity index (χ4v) is 3.36. The molecule has 19 heavy (non-hydrogen) atoms. The zero-order valence-corrected chi connectivity index (χ0v) is 12.4. The summed E-state index contributed by atoms with van der Waals surface area (Å²) >= 11 is 0. The Labute approximate surface area is 115 Å². The van der Waals surface area contributed by atoms with Gasteiger partial charge in [-0.05, 0) is 45.4 Å². The lowest BCUT2D eigenvalue weighted by molar-refractivity contribution is -0.140. The summed E-state index contributed by atoms with van der Waals surface area (Å²) in [4.78, 5) is 26.2. The molecule has 0 unspecified atom stereocenters. The topological polar surface area (TPSA) is 49.4 Å². The summed E-state index contributed by atoms with van der Waals surface area (Å²) in [6.07, 6.45) is 6.29. The van der Waals surface area contributed by atoms with Crippen molar-refractivity contribution < 1.29 is 9.59 Å². The van der Waals surface area contributed by atoms with Gasteiger partial charge in [0.1, 0.15) is 5.54 Å². The summed E-state index contributed by atoms with van der Waals surface area (Å²) < 4.78 is 0. The zero-order valence-electron chi connectivity index (χ0n) is 12.4. The Morgan fingerprint density at radius 3 is 2.42 bits per heavy atom. The third-order valence-electron chi connectivity index (χ3n) is 4.66. The van der Waals surface area contributed by atoms with E-state index in [9.17, 15) is 9.59 Å². The van der Waals surface area contributed by atoms with Gasteiger partial charge in [-0.2, -0.15) is 0 Å². The summed E-state index contributed by atoms with van der Waals surface area (Å²) in [5.74, 6) is 0.896. The highest BCUT2D eigenvalue weighted by Gasteiger charge is 2.39. The third-order valence-corrected chi connectivity index (χ3v) is 4.66. The largest absolute Gasteiger partial charge is 0.342 e. The molecule has 1 N–H and O–H groups in total. The van der Waals surface area contributed by atoms with Crippen LogP contribution in [0.1, 0.15) is 59.3 Å². The summed E-state index contributed by atoms with van der Waals surface area (Å²) in [5, 5.41) is 2.83. The predicted molar refractivity (Wildman–Crippen MR) is 74.6 cm³/mol. The van der Waals surface area contributed by atoms with E-state index in [0.717, 1.165) is 18.8 Å². The molecule has 2 aliphatic rings. The highest BCUT2D eigenvalue weighted by molar-refractivity contribution is 5.93. The molecule has 0 aromatic rings. The minimum atomic E-state index is -0.755. The maximum absolute atomic E-state index is 12.6. The first kappa shape index (κ1) is 14.4. The average molecular weight is 266 g/mol. The van der Waals surface area contributed by atoms with Crippen LogP contribution in [0.15, 0.2) is 0 Å². The van der Waals surface area contributed by atoms with Crippen molar-refractivity contribution in [3.8, 4) is 0 Å². The Balaban J connectivity index is 2.06. The molecule has 0 bridgehead atoms. The molecule has 4 nitrogen and oxygen atoms in total. The van der Waals surface area contributed by atoms with Gasteiger partial charge in [-0.15, -0.1) is 0 Å². The van der Waals surface area contributed by atoms with Crippen molar-refractivity contribution in [2.45, 2.75) is 70.9 Å². The van der Waals surface area contributed by atoms with Crippen LogP contribution in [0, 0.1) is 5.92 Å². The first-order chi connectivity index (χ1) is 8.94. The highest BCUT2D eigenvalue weighted by atomic mass is 16.2. The molecular formula is C15H26N2O2. The number of nitrogens with zero attached hydrogens (tertiary/aromatic N) is 1. The maximum atomic E-state index is 12.6. The van der Waals surface area contributed by atoms with Gasteiger partial charge in [-0.1, -0.05) is 13.3 Å². The van der Waals surface area contributed by atoms with Gasteiger partial charge < -0.3 is 10.2 Å². The van der Waals surface area contributed by atoms with Crippen LogP contribution in [-0.4, -0.2) is 34.8 Å². The van der Waals surface area contributed by atoms with E-state index in [1.165, 1.54) is 19.3 Å². The number of rotatable bonds is 2. The number of amides is 2. The molecule has 2 fully saturated rings. The first-order valence-corrected chi connectivity index (χ1v) is 7.56. The molecule has 0 atom stereocenters. The molecule has 1 saturated carbocycles. The molecule has 2 amide bonds. The molecule has 1 saturated heterocycles. The van der Waals surface area contributed by atoms with Gasteiger partial charge in [0.05, 0.1) is 0 Å². The third kappa shape index (κ3) is 3.10. The van der Waals surface area contributed by atoms with Crippen LogP contribution < -0.4 is 5.32 Å². The molecule has 0 aromatic heterocycles. The average Bonchev–Trinajstić information content (AvgIpc) is 2.47. The van der Waals surface area contributed by atoms with Gasteiger partial charge in [-0.25, -0.2) is 0 Å². The van der Waals surface area contributed by atoms with Crippen LogP contribution in [0.5, 0.6) is 0 Å². The van der Waals surface area contributed by atoms with E-state index in [2.05, 4.69) is 12.2 Å². The molecule has 0 radical (unpaired) electrons. The van der Waals surface area contributed by atoms with Crippen LogP contribution in [0.2, 0.25) is 0 Å². The first-order valence-electron chi connectivity index (χ1n) is 7.56. The van der Waals surface area contributed by atoms with E-state index in [1.807, 2.05) is 18.7 Å². The predicted octanol–water partition coefficient (Wildman–Crippen LogP) is 2.08. The molecule has 0 aromatic carbocycles. The Bertz CT molecular complexity index is 357. The maximum Gasteiger partial charge on any atom is 0.248 e. The molecule has 108 valence electrons. The molecule has 1 heterocycles. The molecule has 0 spiro atoms. The number of carbonyl (C=O) groups is 2. The van der Waals surface area contributed by atoms with Crippen molar-refractivity contribution in [1.29, 1.82) is 0 Å². The zero-order chi connectivity index (χ0) is 14.0. The van der Waals surface area contributed by atoms with Crippen LogP contribution in [0.25, 0.3) is 0 Å². The number of nitrogens with one attached hydrogen (secondary N) is 1. The molecular weight excluding hydrogens is 240 g/mol. The second-order valence-corrected chi connectivity index (χ2v) is 6.50. The minimum Gasteiger partial charge on any atom is -0.342 e. The fourth-order valence-electron chi connectivity index (χ4n) is 3.36. The van der Waals surface area contributed by atoms with E-state index in [1.54, 1.807) is 0 Å². The summed E-state index contributed by atoms with van der Waals surface area (Å²) in [6, 6.07) is 0.335. The monoisotopic (exact) mass is 266 g/mol. The number of carbonyl (C=O) groups excluding carboxylic acids is 2. The molecule has 1 aliphatic carbocycles. The van der Waals surface area contributed by atoms with E-state index in [-0.39, 0.29) is 11.8 Å². The SMILES string of the molecule is CCC1CCC(N2CCC(=O)NC(C)(C)C2=O)CC1. The smallest absolute Gasteiger partial charge is 0.248 e. The Morgan fingerprint density at radius 2 is 1.84 bits per heavy atom. The molecule has 2 rings (SSSR count). The lowest BCUT2D eigenvalue weighted by atomic mass is 9.83. The lowest BCUT2D eigenvalue weighted by Gasteiger charge is -2.38. The van der Waals surface area contributed by atoms with Gasteiger partial charge in [0.2, 0.25) is 11.8 Å². The van der Waals surface area contributed by atoms with Crippen molar-refractivity contribution in [3.63, 3.8) is 0 Å². The van der Waals surface area contributed by atoms with Crippen LogP contribution in [0.3, 0.4) is 0 Å². The van der Waals surface area contributed by atoms with E-state index in [4.69, 9.17) is 0 Å². The quantitative estimate of drug-likeness (QED) is 0.832. The highest BCUT2D eigenvalue weighted by Crippen LogP contribution is 2.31. The summed E-state index contributed by atoms with van der Waals surface area (Å²) in [6.45, 7) is 6.44. The van der Waals surface area contributed by atoms with Crippen LogP contribution in [0.4, 0.5) is 0 Å². The Morgan fingerprint density at radius 1 is 1.21 bits per heavy atom. The van der Waals surface area contributed by atoms with Crippen LogP contribution >= 0.6 is 0 Å². The molecule has 1 aliphatic heterocycles. The van der Waals surface area contributed by atoms with Crippen molar-refractivity contribution in [2.75, 3.05) is 6.54 Å². The van der Waals surface area contributed by atoms with Crippen molar-refractivity contribution in [1.82, 2.24) is 10.2 Å². The van der Waals surface area contributed by atoms with Gasteiger partial charge in [-0.3, -0.25) is 9.59 Å². The normalized spacial score (nSPS) is 31.8. The second kappa shape index (κ2) is 5.51. The van der Waals surface area contributed by atoms with Crippen molar-refractivity contribution >= 4 is 11.8 Å². The Kier molecular flexibility index (Phi) is 4.16. The van der Waals surface area contributed by atoms with Crippen molar-refractivity contribution in [2.24, 2.45) is 5.92 Å². The Hall–Kier alpha value is -1.06. The van der Waals surface area contributed by atoms with E-state index < -0.39 is 5.54 Å². The number of hydrogen-bond donors (Lipinski definition) is 1. The number of hydrogen-bond acceptors (Lipinski definition) is 2. The fraction of sp³-hybridized carbons (Fsp3) is 0.867. The van der Waals surface area contributed by atoms with Crippen molar-refractivity contribution in [3.05, 3.63) is 0 Å². The van der Waals surface area contributed by atoms with E-state index >= 15 is 0 Å². The van der Waals surface area contributed by atoms with Gasteiger partial charge in [0, 0.05) is 19.0 Å². The van der Waals surface area contributed by atoms with Gasteiger partial charge >= 0.3 is 0 Å². The summed E-state index contributed by atoms with van der Waals surface area (Å²) in [5.41, 5.74) is -0.755. The standard InChI is InChI=1S/C15H26N2O2/c1-4-11-5-7-12(8-6-11)17-10-9-13(18)16-15(2,3)14(17)19/h11-12H,4-10H2,1-3H3,(H,16,18). The second-order valence-electron chi connectivity index (χ2n) is 6.50. The summed E-state index contributed by atoms with van der Waals surface area (Å²) in [7, 11) is 0.